The van der Waals surface area contributed by atoms with Gasteiger partial charge in [-0.25, -0.2) is 0 Å². The number of hydrogen-bond donors (Lipinski definition) is 1. The summed E-state index contributed by atoms with van der Waals surface area (Å²) in [6.45, 7) is 3.58. The average molecular weight is 451 g/mol. The molecular weight excluding hydrogens is 426 g/mol. The smallest absolute Gasteiger partial charge is 0.389 e. The third-order valence-electron chi connectivity index (χ3n) is 3.80. The first-order valence-corrected chi connectivity index (χ1v) is 7.38. The second-order valence-corrected chi connectivity index (χ2v) is 5.56. The second kappa shape index (κ2) is 10.2. The Morgan fingerprint density at radius 1 is 1.35 bits per heavy atom. The molecule has 1 aliphatic rings. The second-order valence-electron chi connectivity index (χ2n) is 5.56. The maximum absolute atomic E-state index is 12.1. The number of esters is 1. The Labute approximate surface area is 152 Å². The fourth-order valence-electron chi connectivity index (χ4n) is 2.58. The van der Waals surface area contributed by atoms with E-state index in [0.29, 0.717) is 32.0 Å². The molecule has 0 saturated carbocycles. The molecule has 0 aromatic rings. The summed E-state index contributed by atoms with van der Waals surface area (Å²) in [4.78, 5) is 17.7. The summed E-state index contributed by atoms with van der Waals surface area (Å²) in [5.74, 6) is 0.325. The van der Waals surface area contributed by atoms with Gasteiger partial charge in [0.2, 0.25) is 0 Å². The number of ether oxygens (including phenoxy) is 1. The third kappa shape index (κ3) is 7.58. The number of aliphatic imine (C=N–C) groups is 1. The van der Waals surface area contributed by atoms with Gasteiger partial charge in [0, 0.05) is 33.1 Å². The van der Waals surface area contributed by atoms with E-state index in [9.17, 15) is 18.0 Å². The Hall–Kier alpha value is -0.740. The van der Waals surface area contributed by atoms with Gasteiger partial charge in [-0.1, -0.05) is 6.92 Å². The molecule has 1 heterocycles. The van der Waals surface area contributed by atoms with Gasteiger partial charge in [-0.3, -0.25) is 9.79 Å². The summed E-state index contributed by atoms with van der Waals surface area (Å²) in [5.41, 5.74) is 0. The first kappa shape index (κ1) is 22.3. The molecule has 23 heavy (non-hydrogen) atoms. The highest BCUT2D eigenvalue weighted by molar-refractivity contribution is 14.0. The molecule has 0 aliphatic carbocycles. The number of unbranched alkanes of at least 4 members (excludes halogenated alkanes) is 1. The quantitative estimate of drug-likeness (QED) is 0.230. The number of carbonyl (C=O) groups excluding carboxylic acids is 1. The number of halogens is 4. The van der Waals surface area contributed by atoms with E-state index in [4.69, 9.17) is 4.74 Å². The van der Waals surface area contributed by atoms with Crippen molar-refractivity contribution >= 4 is 35.9 Å². The number of nitrogens with one attached hydrogen (secondary N) is 1. The van der Waals surface area contributed by atoms with Crippen molar-refractivity contribution in [2.75, 3.05) is 33.8 Å². The van der Waals surface area contributed by atoms with E-state index >= 15 is 0 Å². The normalized spacial score (nSPS) is 21.8. The molecule has 0 amide bonds. The van der Waals surface area contributed by atoms with Crippen LogP contribution in [0.1, 0.15) is 26.2 Å². The van der Waals surface area contributed by atoms with E-state index in [1.807, 2.05) is 11.8 Å². The number of rotatable bonds is 5. The van der Waals surface area contributed by atoms with Gasteiger partial charge in [-0.2, -0.15) is 13.2 Å². The summed E-state index contributed by atoms with van der Waals surface area (Å²) in [5, 5.41) is 3.05. The van der Waals surface area contributed by atoms with Crippen molar-refractivity contribution in [1.82, 2.24) is 10.2 Å². The molecule has 0 spiro atoms. The lowest BCUT2D eigenvalue weighted by atomic mass is 9.99. The lowest BCUT2D eigenvalue weighted by Gasteiger charge is -2.21. The number of likely N-dealkylation sites (tertiary alicyclic amines) is 1. The van der Waals surface area contributed by atoms with Gasteiger partial charge < -0.3 is 15.0 Å². The zero-order valence-electron chi connectivity index (χ0n) is 13.7. The SMILES string of the molecule is CN=C(NCCCCC(F)(F)F)N1CC(C)C(C(=O)OC)C1.I. The summed E-state index contributed by atoms with van der Waals surface area (Å²) < 4.78 is 40.9. The molecule has 0 radical (unpaired) electrons. The van der Waals surface area contributed by atoms with E-state index in [-0.39, 0.29) is 48.2 Å². The van der Waals surface area contributed by atoms with Gasteiger partial charge >= 0.3 is 12.1 Å². The fraction of sp³-hybridized carbons (Fsp3) is 0.857. The number of nitrogens with zero attached hydrogens (tertiary/aromatic N) is 2. The predicted molar refractivity (Wildman–Crippen MR) is 92.9 cm³/mol. The number of alkyl halides is 3. The molecule has 1 rings (SSSR count). The summed E-state index contributed by atoms with van der Waals surface area (Å²) in [6, 6.07) is 0. The topological polar surface area (TPSA) is 53.9 Å². The molecule has 0 aromatic carbocycles. The van der Waals surface area contributed by atoms with Crippen LogP contribution in [0.25, 0.3) is 0 Å². The van der Waals surface area contributed by atoms with Crippen LogP contribution >= 0.6 is 24.0 Å². The summed E-state index contributed by atoms with van der Waals surface area (Å²) in [6.07, 6.45) is -4.35. The number of methoxy groups -OCH3 is 1. The molecule has 1 N–H and O–H groups in total. The van der Waals surface area contributed by atoms with E-state index in [2.05, 4.69) is 10.3 Å². The highest BCUT2D eigenvalue weighted by atomic mass is 127. The zero-order chi connectivity index (χ0) is 16.8. The molecule has 9 heteroatoms. The molecule has 5 nitrogen and oxygen atoms in total. The molecule has 136 valence electrons. The van der Waals surface area contributed by atoms with Crippen LogP contribution in [-0.2, 0) is 9.53 Å². The minimum atomic E-state index is -4.10. The van der Waals surface area contributed by atoms with Gasteiger partial charge in [-0.15, -0.1) is 24.0 Å². The van der Waals surface area contributed by atoms with Gasteiger partial charge in [-0.05, 0) is 18.8 Å². The number of hydrogen-bond acceptors (Lipinski definition) is 3. The zero-order valence-corrected chi connectivity index (χ0v) is 16.0. The van der Waals surface area contributed by atoms with Crippen molar-refractivity contribution in [3.63, 3.8) is 0 Å². The van der Waals surface area contributed by atoms with Crippen LogP contribution in [0.3, 0.4) is 0 Å². The van der Waals surface area contributed by atoms with Crippen molar-refractivity contribution in [1.29, 1.82) is 0 Å². The minimum absolute atomic E-state index is 0. The van der Waals surface area contributed by atoms with E-state index < -0.39 is 12.6 Å². The van der Waals surface area contributed by atoms with Gasteiger partial charge in [0.25, 0.3) is 0 Å². The monoisotopic (exact) mass is 451 g/mol. The molecule has 2 atom stereocenters. The van der Waals surface area contributed by atoms with Crippen molar-refractivity contribution in [3.8, 4) is 0 Å². The van der Waals surface area contributed by atoms with Crippen molar-refractivity contribution < 1.29 is 22.7 Å². The molecule has 1 fully saturated rings. The van der Waals surface area contributed by atoms with Crippen LogP contribution < -0.4 is 5.32 Å². The van der Waals surface area contributed by atoms with Crippen LogP contribution in [-0.4, -0.2) is 56.8 Å². The van der Waals surface area contributed by atoms with Gasteiger partial charge in [0.05, 0.1) is 13.0 Å². The van der Waals surface area contributed by atoms with Crippen molar-refractivity contribution in [3.05, 3.63) is 0 Å². The standard InChI is InChI=1S/C14H24F3N3O2.HI/c1-10-8-20(9-11(10)12(21)22-3)13(18-2)19-7-5-4-6-14(15,16)17;/h10-11H,4-9H2,1-3H3,(H,18,19);1H. The largest absolute Gasteiger partial charge is 0.469 e. The Balaban J connectivity index is 0.00000484. The van der Waals surface area contributed by atoms with E-state index in [1.165, 1.54) is 7.11 Å². The lowest BCUT2D eigenvalue weighted by Crippen LogP contribution is -2.41. The van der Waals surface area contributed by atoms with Crippen molar-refractivity contribution in [2.24, 2.45) is 16.8 Å². The van der Waals surface area contributed by atoms with E-state index in [0.717, 1.165) is 0 Å². The average Bonchev–Trinajstić information content (AvgIpc) is 2.82. The van der Waals surface area contributed by atoms with Crippen LogP contribution in [0, 0.1) is 11.8 Å². The maximum Gasteiger partial charge on any atom is 0.389 e. The Morgan fingerprint density at radius 3 is 2.52 bits per heavy atom. The fourth-order valence-corrected chi connectivity index (χ4v) is 2.58. The molecule has 0 aromatic heterocycles. The van der Waals surface area contributed by atoms with Crippen LogP contribution in [0.2, 0.25) is 0 Å². The molecule has 1 saturated heterocycles. The maximum atomic E-state index is 12.1. The lowest BCUT2D eigenvalue weighted by molar-refractivity contribution is -0.146. The van der Waals surface area contributed by atoms with Crippen LogP contribution in [0.15, 0.2) is 4.99 Å². The highest BCUT2D eigenvalue weighted by Gasteiger charge is 2.36. The van der Waals surface area contributed by atoms with Crippen molar-refractivity contribution in [2.45, 2.75) is 32.4 Å². The Morgan fingerprint density at radius 2 is 2.00 bits per heavy atom. The first-order chi connectivity index (χ1) is 10.3. The summed E-state index contributed by atoms with van der Waals surface area (Å²) >= 11 is 0. The number of carbonyl (C=O) groups is 1. The van der Waals surface area contributed by atoms with Crippen LogP contribution in [0.5, 0.6) is 0 Å². The van der Waals surface area contributed by atoms with E-state index in [1.54, 1.807) is 7.05 Å². The molecule has 2 unspecified atom stereocenters. The van der Waals surface area contributed by atoms with Gasteiger partial charge in [0.15, 0.2) is 5.96 Å². The molecule has 1 aliphatic heterocycles. The summed E-state index contributed by atoms with van der Waals surface area (Å²) in [7, 11) is 2.99. The Kier molecular flexibility index (Phi) is 9.86. The minimum Gasteiger partial charge on any atom is -0.469 e. The molecule has 0 bridgehead atoms. The molecular formula is C14H25F3IN3O2. The Bertz CT molecular complexity index is 405. The third-order valence-corrected chi connectivity index (χ3v) is 3.80. The van der Waals surface area contributed by atoms with Crippen LogP contribution in [0.4, 0.5) is 13.2 Å². The highest BCUT2D eigenvalue weighted by Crippen LogP contribution is 2.24. The van der Waals surface area contributed by atoms with Gasteiger partial charge in [0.1, 0.15) is 0 Å². The predicted octanol–water partition coefficient (Wildman–Crippen LogP) is 2.65. The number of guanidine groups is 1. The first-order valence-electron chi connectivity index (χ1n) is 7.38.